The molecule has 0 aliphatic rings. The van der Waals surface area contributed by atoms with Crippen molar-refractivity contribution < 1.29 is 4.79 Å². The van der Waals surface area contributed by atoms with Gasteiger partial charge in [0.15, 0.2) is 0 Å². The summed E-state index contributed by atoms with van der Waals surface area (Å²) in [6.45, 7) is 4.86. The Hall–Kier alpha value is -0.570. The van der Waals surface area contributed by atoms with Gasteiger partial charge in [-0.15, -0.1) is 0 Å². The fourth-order valence-corrected chi connectivity index (χ4v) is 1.15. The average molecular weight is 172 g/mol. The molecule has 0 bridgehead atoms. The molecule has 0 radical (unpaired) electrons. The van der Waals surface area contributed by atoms with Crippen LogP contribution in [0.3, 0.4) is 0 Å². The van der Waals surface area contributed by atoms with Crippen molar-refractivity contribution in [2.24, 2.45) is 0 Å². The lowest BCUT2D eigenvalue weighted by atomic mass is 10.2. The summed E-state index contributed by atoms with van der Waals surface area (Å²) < 4.78 is 0. The molecular formula is C9H20N2O. The van der Waals surface area contributed by atoms with Crippen molar-refractivity contribution in [1.29, 1.82) is 0 Å². The lowest BCUT2D eigenvalue weighted by Gasteiger charge is -2.21. The lowest BCUT2D eigenvalue weighted by molar-refractivity contribution is -0.125. The van der Waals surface area contributed by atoms with Crippen LogP contribution in [0.2, 0.25) is 0 Å². The highest BCUT2D eigenvalue weighted by Gasteiger charge is 2.16. The van der Waals surface area contributed by atoms with E-state index < -0.39 is 0 Å². The number of likely N-dealkylation sites (N-methyl/N-ethyl adjacent to an activating group) is 1. The number of carbonyl (C=O) groups is 1. The zero-order chi connectivity index (χ0) is 9.56. The van der Waals surface area contributed by atoms with Crippen molar-refractivity contribution in [2.75, 3.05) is 20.6 Å². The molecule has 3 heteroatoms. The molecule has 0 rings (SSSR count). The van der Waals surface area contributed by atoms with Crippen LogP contribution in [0.5, 0.6) is 0 Å². The van der Waals surface area contributed by atoms with Crippen LogP contribution >= 0.6 is 0 Å². The number of hydrogen-bond acceptors (Lipinski definition) is 2. The predicted octanol–water partition coefficient (Wildman–Crippen LogP) is 0.853. The van der Waals surface area contributed by atoms with Gasteiger partial charge in [0.25, 0.3) is 0 Å². The fraction of sp³-hybridized carbons (Fsp3) is 0.889. The van der Waals surface area contributed by atoms with Crippen LogP contribution < -0.4 is 5.32 Å². The molecule has 0 saturated carbocycles. The highest BCUT2D eigenvalue weighted by atomic mass is 16.2. The number of nitrogens with one attached hydrogen (secondary N) is 1. The Bertz CT molecular complexity index is 134. The van der Waals surface area contributed by atoms with Gasteiger partial charge in [0.2, 0.25) is 5.91 Å². The van der Waals surface area contributed by atoms with Crippen LogP contribution in [0, 0.1) is 0 Å². The normalized spacial score (nSPS) is 13.1. The molecular weight excluding hydrogens is 152 g/mol. The lowest BCUT2D eigenvalue weighted by Crippen LogP contribution is -2.43. The fourth-order valence-electron chi connectivity index (χ4n) is 1.15. The highest BCUT2D eigenvalue weighted by molar-refractivity contribution is 5.81. The Balaban J connectivity index is 3.86. The molecule has 1 N–H and O–H groups in total. The quantitative estimate of drug-likeness (QED) is 0.667. The van der Waals surface area contributed by atoms with E-state index in [1.807, 2.05) is 25.9 Å². The number of nitrogens with zero attached hydrogens (tertiary/aromatic N) is 1. The van der Waals surface area contributed by atoms with Crippen molar-refractivity contribution in [3.8, 4) is 0 Å². The topological polar surface area (TPSA) is 32.3 Å². The SMILES string of the molecule is CCCNC(=O)C(CC)N(C)C. The van der Waals surface area contributed by atoms with E-state index in [4.69, 9.17) is 0 Å². The number of hydrogen-bond donors (Lipinski definition) is 1. The van der Waals surface area contributed by atoms with Gasteiger partial charge in [-0.3, -0.25) is 9.69 Å². The second-order valence-electron chi connectivity index (χ2n) is 3.18. The minimum Gasteiger partial charge on any atom is -0.355 e. The second kappa shape index (κ2) is 6.00. The molecule has 0 spiro atoms. The van der Waals surface area contributed by atoms with Gasteiger partial charge >= 0.3 is 0 Å². The van der Waals surface area contributed by atoms with Gasteiger partial charge in [-0.1, -0.05) is 13.8 Å². The van der Waals surface area contributed by atoms with Crippen LogP contribution in [0.4, 0.5) is 0 Å². The zero-order valence-electron chi connectivity index (χ0n) is 8.55. The Morgan fingerprint density at radius 1 is 1.42 bits per heavy atom. The van der Waals surface area contributed by atoms with Gasteiger partial charge in [-0.05, 0) is 26.9 Å². The van der Waals surface area contributed by atoms with Crippen molar-refractivity contribution in [1.82, 2.24) is 10.2 Å². The maximum Gasteiger partial charge on any atom is 0.237 e. The monoisotopic (exact) mass is 172 g/mol. The summed E-state index contributed by atoms with van der Waals surface area (Å²) in [5.74, 6) is 0.143. The zero-order valence-corrected chi connectivity index (χ0v) is 8.55. The van der Waals surface area contributed by atoms with Crippen molar-refractivity contribution in [2.45, 2.75) is 32.7 Å². The smallest absolute Gasteiger partial charge is 0.237 e. The molecule has 0 aliphatic carbocycles. The summed E-state index contributed by atoms with van der Waals surface area (Å²) in [6.07, 6.45) is 1.86. The average Bonchev–Trinajstić information content (AvgIpc) is 2.01. The first-order valence-electron chi connectivity index (χ1n) is 4.57. The highest BCUT2D eigenvalue weighted by Crippen LogP contribution is 1.98. The molecule has 3 nitrogen and oxygen atoms in total. The predicted molar refractivity (Wildman–Crippen MR) is 51.1 cm³/mol. The van der Waals surface area contributed by atoms with Crippen LogP contribution in [0.25, 0.3) is 0 Å². The summed E-state index contributed by atoms with van der Waals surface area (Å²) in [4.78, 5) is 13.4. The van der Waals surface area contributed by atoms with E-state index >= 15 is 0 Å². The Morgan fingerprint density at radius 3 is 2.33 bits per heavy atom. The third-order valence-corrected chi connectivity index (χ3v) is 1.86. The van der Waals surface area contributed by atoms with Crippen molar-refractivity contribution >= 4 is 5.91 Å². The molecule has 0 aromatic carbocycles. The molecule has 72 valence electrons. The first-order valence-corrected chi connectivity index (χ1v) is 4.57. The first kappa shape index (κ1) is 11.4. The first-order chi connectivity index (χ1) is 5.63. The molecule has 0 aliphatic heterocycles. The van der Waals surface area contributed by atoms with E-state index in [1.165, 1.54) is 0 Å². The molecule has 0 aromatic rings. The van der Waals surface area contributed by atoms with Crippen molar-refractivity contribution in [3.05, 3.63) is 0 Å². The molecule has 1 amide bonds. The second-order valence-corrected chi connectivity index (χ2v) is 3.18. The standard InChI is InChI=1S/C9H20N2O/c1-5-7-10-9(12)8(6-2)11(3)4/h8H,5-7H2,1-4H3,(H,10,12). The van der Waals surface area contributed by atoms with Crippen LogP contribution in [-0.2, 0) is 4.79 Å². The van der Waals surface area contributed by atoms with Gasteiger partial charge in [0, 0.05) is 6.54 Å². The van der Waals surface area contributed by atoms with Crippen molar-refractivity contribution in [3.63, 3.8) is 0 Å². The molecule has 0 fully saturated rings. The summed E-state index contributed by atoms with van der Waals surface area (Å²) >= 11 is 0. The van der Waals surface area contributed by atoms with Gasteiger partial charge in [-0.2, -0.15) is 0 Å². The van der Waals surface area contributed by atoms with Gasteiger partial charge < -0.3 is 5.32 Å². The maximum absolute atomic E-state index is 11.4. The third kappa shape index (κ3) is 3.72. The summed E-state index contributed by atoms with van der Waals surface area (Å²) in [5.41, 5.74) is 0. The van der Waals surface area contributed by atoms with Gasteiger partial charge in [0.05, 0.1) is 6.04 Å². The number of rotatable bonds is 5. The molecule has 12 heavy (non-hydrogen) atoms. The Kier molecular flexibility index (Phi) is 5.72. The number of carbonyl (C=O) groups excluding carboxylic acids is 1. The number of amides is 1. The van der Waals surface area contributed by atoms with E-state index in [2.05, 4.69) is 12.2 Å². The minimum atomic E-state index is 0.0246. The van der Waals surface area contributed by atoms with Crippen LogP contribution in [-0.4, -0.2) is 37.5 Å². The molecule has 1 atom stereocenters. The molecule has 1 unspecified atom stereocenters. The van der Waals surface area contributed by atoms with E-state index in [0.717, 1.165) is 19.4 Å². The Morgan fingerprint density at radius 2 is 2.00 bits per heavy atom. The van der Waals surface area contributed by atoms with Gasteiger partial charge in [-0.25, -0.2) is 0 Å². The molecule has 0 heterocycles. The third-order valence-electron chi connectivity index (χ3n) is 1.86. The summed E-state index contributed by atoms with van der Waals surface area (Å²) in [6, 6.07) is 0.0246. The van der Waals surface area contributed by atoms with E-state index in [1.54, 1.807) is 0 Å². The van der Waals surface area contributed by atoms with E-state index in [0.29, 0.717) is 0 Å². The summed E-state index contributed by atoms with van der Waals surface area (Å²) in [7, 11) is 3.86. The van der Waals surface area contributed by atoms with Crippen LogP contribution in [0.1, 0.15) is 26.7 Å². The van der Waals surface area contributed by atoms with Crippen LogP contribution in [0.15, 0.2) is 0 Å². The molecule has 0 saturated heterocycles. The largest absolute Gasteiger partial charge is 0.355 e. The summed E-state index contributed by atoms with van der Waals surface area (Å²) in [5, 5.41) is 2.88. The minimum absolute atomic E-state index is 0.0246. The molecule has 0 aromatic heterocycles. The van der Waals surface area contributed by atoms with E-state index in [-0.39, 0.29) is 11.9 Å². The Labute approximate surface area is 75.1 Å². The van der Waals surface area contributed by atoms with E-state index in [9.17, 15) is 4.79 Å². The maximum atomic E-state index is 11.4. The van der Waals surface area contributed by atoms with Gasteiger partial charge in [0.1, 0.15) is 0 Å².